The Bertz CT molecular complexity index is 1220. The number of halogens is 4. The predicted molar refractivity (Wildman–Crippen MR) is 115 cm³/mol. The number of fused-ring (bicyclic) bond motifs is 2. The number of aromatic nitrogens is 2. The van der Waals surface area contributed by atoms with Crippen LogP contribution in [0.5, 0.6) is 5.88 Å². The van der Waals surface area contributed by atoms with Gasteiger partial charge in [-0.2, -0.15) is 17.6 Å². The highest BCUT2D eigenvalue weighted by atomic mass is 19.4. The second-order valence-corrected chi connectivity index (χ2v) is 8.70. The van der Waals surface area contributed by atoms with Crippen molar-refractivity contribution in [2.75, 3.05) is 0 Å². The van der Waals surface area contributed by atoms with E-state index in [0.29, 0.717) is 23.1 Å². The minimum atomic E-state index is -4.47. The molecule has 2 aromatic heterocycles. The van der Waals surface area contributed by atoms with Crippen LogP contribution in [0.1, 0.15) is 35.7 Å². The Morgan fingerprint density at radius 2 is 1.88 bits per heavy atom. The molecule has 2 fully saturated rings. The lowest BCUT2D eigenvalue weighted by Gasteiger charge is -2.38. The molecule has 3 aromatic rings. The first-order valence-corrected chi connectivity index (χ1v) is 11.0. The van der Waals surface area contributed by atoms with Gasteiger partial charge in [0.05, 0.1) is 11.6 Å². The van der Waals surface area contributed by atoms with Crippen LogP contribution < -0.4 is 4.74 Å². The fraction of sp³-hybridized carbons (Fsp3) is 0.320. The first-order valence-electron chi connectivity index (χ1n) is 11.0. The molecule has 3 heterocycles. The van der Waals surface area contributed by atoms with Crippen molar-refractivity contribution in [1.29, 1.82) is 0 Å². The molecule has 34 heavy (non-hydrogen) atoms. The number of carbonyl (C=O) groups is 1. The fourth-order valence-corrected chi connectivity index (χ4v) is 5.09. The summed E-state index contributed by atoms with van der Waals surface area (Å²) >= 11 is 0. The maximum Gasteiger partial charge on any atom is 0.417 e. The van der Waals surface area contributed by atoms with Crippen LogP contribution in [-0.2, 0) is 6.18 Å². The quantitative estimate of drug-likeness (QED) is 0.379. The lowest BCUT2D eigenvalue weighted by molar-refractivity contribution is -0.137. The standard InChI is InChI=1S/C25H21F4N3O2/c1-14-16-10-20(21(11-16)34-23-7-6-17(13-31-23)25(27,28)29)32(14)24(33)19-5-3-2-4-18(19)15-8-9-30-22(26)12-15/h2-9,12-14,16,20-21H,10-11H2,1H3/t14-,16-,20+,21-/m1/s1. The third kappa shape index (κ3) is 3.99. The molecule has 1 saturated heterocycles. The van der Waals surface area contributed by atoms with Crippen LogP contribution in [0.3, 0.4) is 0 Å². The normalized spacial score (nSPS) is 23.9. The average molecular weight is 471 g/mol. The lowest BCUT2D eigenvalue weighted by atomic mass is 9.95. The van der Waals surface area contributed by atoms with Gasteiger partial charge in [-0.05, 0) is 55.0 Å². The van der Waals surface area contributed by atoms with E-state index in [-0.39, 0.29) is 35.9 Å². The van der Waals surface area contributed by atoms with E-state index in [1.54, 1.807) is 35.2 Å². The van der Waals surface area contributed by atoms with Crippen LogP contribution in [0.25, 0.3) is 11.1 Å². The summed E-state index contributed by atoms with van der Waals surface area (Å²) in [6.07, 6.45) is -1.31. The summed E-state index contributed by atoms with van der Waals surface area (Å²) in [4.78, 5) is 22.9. The largest absolute Gasteiger partial charge is 0.472 e. The molecule has 9 heteroatoms. The molecular weight excluding hydrogens is 450 g/mol. The Balaban J connectivity index is 1.39. The number of alkyl halides is 3. The molecule has 5 nitrogen and oxygen atoms in total. The van der Waals surface area contributed by atoms with Crippen molar-refractivity contribution in [3.05, 3.63) is 78.0 Å². The number of likely N-dealkylation sites (tertiary alicyclic amines) is 1. The van der Waals surface area contributed by atoms with E-state index in [9.17, 15) is 22.4 Å². The van der Waals surface area contributed by atoms with Gasteiger partial charge in [-0.1, -0.05) is 18.2 Å². The summed E-state index contributed by atoms with van der Waals surface area (Å²) in [6.45, 7) is 1.99. The fourth-order valence-electron chi connectivity index (χ4n) is 5.09. The third-order valence-electron chi connectivity index (χ3n) is 6.75. The van der Waals surface area contributed by atoms with E-state index in [2.05, 4.69) is 9.97 Å². The Kier molecular flexibility index (Phi) is 5.50. The van der Waals surface area contributed by atoms with Crippen molar-refractivity contribution in [3.63, 3.8) is 0 Å². The number of hydrogen-bond acceptors (Lipinski definition) is 4. The second kappa shape index (κ2) is 8.38. The zero-order valence-corrected chi connectivity index (χ0v) is 18.2. The van der Waals surface area contributed by atoms with E-state index in [1.165, 1.54) is 18.3 Å². The Morgan fingerprint density at radius 3 is 2.56 bits per heavy atom. The molecule has 1 amide bonds. The number of pyridine rings is 2. The van der Waals surface area contributed by atoms with Crippen molar-refractivity contribution in [1.82, 2.24) is 14.9 Å². The molecule has 1 saturated carbocycles. The zero-order valence-electron chi connectivity index (χ0n) is 18.2. The predicted octanol–water partition coefficient (Wildman–Crippen LogP) is 5.37. The van der Waals surface area contributed by atoms with E-state index in [0.717, 1.165) is 18.7 Å². The Labute approximate surface area is 193 Å². The highest BCUT2D eigenvalue weighted by Crippen LogP contribution is 2.45. The van der Waals surface area contributed by atoms with Crippen LogP contribution in [0.4, 0.5) is 17.6 Å². The van der Waals surface area contributed by atoms with E-state index in [1.807, 2.05) is 6.92 Å². The maximum atomic E-state index is 13.7. The second-order valence-electron chi connectivity index (χ2n) is 8.70. The van der Waals surface area contributed by atoms with Crippen molar-refractivity contribution in [2.45, 2.75) is 44.1 Å². The van der Waals surface area contributed by atoms with Gasteiger partial charge in [-0.15, -0.1) is 0 Å². The smallest absolute Gasteiger partial charge is 0.417 e. The summed E-state index contributed by atoms with van der Waals surface area (Å²) in [7, 11) is 0. The molecule has 1 aromatic carbocycles. The molecule has 4 atom stereocenters. The minimum Gasteiger partial charge on any atom is -0.472 e. The Morgan fingerprint density at radius 1 is 1.09 bits per heavy atom. The van der Waals surface area contributed by atoms with E-state index < -0.39 is 17.7 Å². The van der Waals surface area contributed by atoms with Crippen molar-refractivity contribution >= 4 is 5.91 Å². The van der Waals surface area contributed by atoms with Crippen molar-refractivity contribution in [2.24, 2.45) is 5.92 Å². The van der Waals surface area contributed by atoms with Crippen molar-refractivity contribution in [3.8, 4) is 17.0 Å². The van der Waals surface area contributed by atoms with Crippen LogP contribution in [0, 0.1) is 11.9 Å². The molecule has 2 aliphatic rings. The molecular formula is C25H21F4N3O2. The highest BCUT2D eigenvalue weighted by Gasteiger charge is 2.53. The topological polar surface area (TPSA) is 55.3 Å². The van der Waals surface area contributed by atoms with Gasteiger partial charge < -0.3 is 9.64 Å². The summed E-state index contributed by atoms with van der Waals surface area (Å²) in [6, 6.07) is 11.8. The number of amides is 1. The van der Waals surface area contributed by atoms with Gasteiger partial charge in [0.2, 0.25) is 11.8 Å². The number of benzene rings is 1. The number of rotatable bonds is 4. The highest BCUT2D eigenvalue weighted by molar-refractivity contribution is 6.01. The van der Waals surface area contributed by atoms with Crippen molar-refractivity contribution < 1.29 is 27.1 Å². The van der Waals surface area contributed by atoms with Gasteiger partial charge in [0.15, 0.2) is 0 Å². The molecule has 1 aliphatic heterocycles. The molecule has 5 rings (SSSR count). The Hall–Kier alpha value is -3.49. The number of ether oxygens (including phenoxy) is 1. The summed E-state index contributed by atoms with van der Waals surface area (Å²) in [5.41, 5.74) is 0.752. The molecule has 1 aliphatic carbocycles. The summed E-state index contributed by atoms with van der Waals surface area (Å²) < 4.78 is 58.1. The van der Waals surface area contributed by atoms with E-state index >= 15 is 0 Å². The monoisotopic (exact) mass is 471 g/mol. The van der Waals surface area contributed by atoms with Gasteiger partial charge >= 0.3 is 6.18 Å². The van der Waals surface area contributed by atoms with Gasteiger partial charge in [0, 0.05) is 36.1 Å². The molecule has 0 N–H and O–H groups in total. The van der Waals surface area contributed by atoms with Crippen LogP contribution >= 0.6 is 0 Å². The number of piperidine rings is 1. The molecule has 176 valence electrons. The first-order chi connectivity index (χ1) is 16.2. The minimum absolute atomic E-state index is 0.0276. The third-order valence-corrected chi connectivity index (χ3v) is 6.75. The summed E-state index contributed by atoms with van der Waals surface area (Å²) in [5, 5.41) is 0. The van der Waals surface area contributed by atoms with Gasteiger partial charge in [0.1, 0.15) is 6.10 Å². The SMILES string of the molecule is C[C@@H]1[C@H]2C[C@@H](Oc3ccc(C(F)(F)F)cn3)[C@H](C2)N1C(=O)c1ccccc1-c1ccnc(F)c1. The first kappa shape index (κ1) is 22.3. The maximum absolute atomic E-state index is 13.7. The number of hydrogen-bond donors (Lipinski definition) is 0. The van der Waals surface area contributed by atoms with Crippen LogP contribution in [0.15, 0.2) is 60.9 Å². The molecule has 2 bridgehead atoms. The number of carbonyl (C=O) groups excluding carboxylic acids is 1. The van der Waals surface area contributed by atoms with Crippen LogP contribution in [-0.4, -0.2) is 39.0 Å². The zero-order chi connectivity index (χ0) is 24.0. The number of nitrogens with zero attached hydrogens (tertiary/aromatic N) is 3. The summed E-state index contributed by atoms with van der Waals surface area (Å²) in [5.74, 6) is -0.524. The molecule has 0 unspecified atom stereocenters. The van der Waals surface area contributed by atoms with E-state index in [4.69, 9.17) is 4.74 Å². The van der Waals surface area contributed by atoms with Gasteiger partial charge in [-0.3, -0.25) is 4.79 Å². The lowest BCUT2D eigenvalue weighted by Crippen LogP contribution is -2.51. The molecule has 0 spiro atoms. The van der Waals surface area contributed by atoms with Gasteiger partial charge in [-0.25, -0.2) is 9.97 Å². The van der Waals surface area contributed by atoms with Crippen LogP contribution in [0.2, 0.25) is 0 Å². The van der Waals surface area contributed by atoms with Gasteiger partial charge in [0.25, 0.3) is 5.91 Å². The molecule has 0 radical (unpaired) electrons. The average Bonchev–Trinajstić information content (AvgIpc) is 3.36.